The Morgan fingerprint density at radius 2 is 2.42 bits per heavy atom. The van der Waals surface area contributed by atoms with Gasteiger partial charge in [-0.15, -0.1) is 0 Å². The van der Waals surface area contributed by atoms with Gasteiger partial charge in [-0.1, -0.05) is 5.16 Å². The fourth-order valence-electron chi connectivity index (χ4n) is 1.22. The lowest BCUT2D eigenvalue weighted by molar-refractivity contribution is -0.140. The Morgan fingerprint density at radius 1 is 1.75 bits per heavy atom. The van der Waals surface area contributed by atoms with E-state index in [2.05, 4.69) is 9.68 Å². The normalized spacial score (nSPS) is 19.0. The average molecular weight is 168 g/mol. The Bertz CT molecular complexity index is 327. The number of nitrogen functional groups attached to an aromatic ring is 1. The highest BCUT2D eigenvalue weighted by Crippen LogP contribution is 2.48. The molecule has 1 heterocycles. The maximum Gasteiger partial charge on any atom is 0.315 e. The third-order valence-electron chi connectivity index (χ3n) is 2.18. The number of aliphatic carboxylic acids is 1. The van der Waals surface area contributed by atoms with Crippen molar-refractivity contribution < 1.29 is 14.4 Å². The summed E-state index contributed by atoms with van der Waals surface area (Å²) in [7, 11) is 0. The average Bonchev–Trinajstić information content (AvgIpc) is 2.71. The lowest BCUT2D eigenvalue weighted by Crippen LogP contribution is -2.19. The monoisotopic (exact) mass is 168 g/mol. The lowest BCUT2D eigenvalue weighted by Gasteiger charge is -2.02. The van der Waals surface area contributed by atoms with Crippen LogP contribution in [0.1, 0.15) is 18.5 Å². The number of rotatable bonds is 2. The van der Waals surface area contributed by atoms with E-state index >= 15 is 0 Å². The van der Waals surface area contributed by atoms with E-state index < -0.39 is 11.4 Å². The molecule has 1 aliphatic rings. The summed E-state index contributed by atoms with van der Waals surface area (Å²) < 4.78 is 4.61. The second-order valence-electron chi connectivity index (χ2n) is 3.00. The summed E-state index contributed by atoms with van der Waals surface area (Å²) in [5.74, 6) is -0.687. The Labute approximate surface area is 68.1 Å². The zero-order valence-electron chi connectivity index (χ0n) is 6.28. The molecule has 0 radical (unpaired) electrons. The van der Waals surface area contributed by atoms with Gasteiger partial charge in [0.15, 0.2) is 0 Å². The van der Waals surface area contributed by atoms with E-state index in [-0.39, 0.29) is 5.88 Å². The molecule has 0 aliphatic heterocycles. The van der Waals surface area contributed by atoms with E-state index in [1.807, 2.05) is 0 Å². The van der Waals surface area contributed by atoms with Gasteiger partial charge in [0, 0.05) is 6.07 Å². The standard InChI is InChI=1S/C7H8N2O3/c8-5-3-4(9-12-5)7(1-2-7)6(10)11/h3H,1-2,8H2,(H,10,11). The van der Waals surface area contributed by atoms with Gasteiger partial charge in [0.25, 0.3) is 0 Å². The molecule has 1 aliphatic carbocycles. The van der Waals surface area contributed by atoms with Crippen molar-refractivity contribution in [3.05, 3.63) is 11.8 Å². The largest absolute Gasteiger partial charge is 0.481 e. The van der Waals surface area contributed by atoms with Crippen LogP contribution in [0.5, 0.6) is 0 Å². The molecular weight excluding hydrogens is 160 g/mol. The minimum absolute atomic E-state index is 0.164. The molecule has 1 saturated carbocycles. The second kappa shape index (κ2) is 2.00. The Balaban J connectivity index is 2.36. The van der Waals surface area contributed by atoms with Crippen molar-refractivity contribution in [3.8, 4) is 0 Å². The van der Waals surface area contributed by atoms with Crippen molar-refractivity contribution in [2.75, 3.05) is 5.73 Å². The van der Waals surface area contributed by atoms with Gasteiger partial charge in [-0.25, -0.2) is 0 Å². The number of nitrogens with zero attached hydrogens (tertiary/aromatic N) is 1. The molecule has 64 valence electrons. The van der Waals surface area contributed by atoms with E-state index in [0.717, 1.165) is 0 Å². The number of nitrogens with two attached hydrogens (primary N) is 1. The van der Waals surface area contributed by atoms with Crippen molar-refractivity contribution in [1.29, 1.82) is 0 Å². The summed E-state index contributed by atoms with van der Waals surface area (Å²) >= 11 is 0. The third-order valence-corrected chi connectivity index (χ3v) is 2.18. The van der Waals surface area contributed by atoms with E-state index in [1.54, 1.807) is 0 Å². The summed E-state index contributed by atoms with van der Waals surface area (Å²) in [5.41, 5.74) is 4.91. The van der Waals surface area contributed by atoms with Crippen molar-refractivity contribution in [2.45, 2.75) is 18.3 Å². The van der Waals surface area contributed by atoms with Crippen LogP contribution in [0.4, 0.5) is 5.88 Å². The minimum atomic E-state index is -0.851. The number of carbonyl (C=O) groups is 1. The van der Waals surface area contributed by atoms with Gasteiger partial charge in [-0.05, 0) is 12.8 Å². The third kappa shape index (κ3) is 0.792. The van der Waals surface area contributed by atoms with Crippen LogP contribution < -0.4 is 5.73 Å². The van der Waals surface area contributed by atoms with Crippen LogP contribution in [0.2, 0.25) is 0 Å². The van der Waals surface area contributed by atoms with Crippen LogP contribution in [-0.2, 0) is 10.2 Å². The molecule has 1 fully saturated rings. The summed E-state index contributed by atoms with van der Waals surface area (Å²) in [6, 6.07) is 1.47. The SMILES string of the molecule is Nc1cc(C2(C(=O)O)CC2)no1. The predicted octanol–water partition coefficient (Wildman–Crippen LogP) is 0.373. The molecule has 1 aromatic heterocycles. The highest BCUT2D eigenvalue weighted by Gasteiger charge is 2.54. The lowest BCUT2D eigenvalue weighted by atomic mass is 10.0. The molecule has 0 saturated heterocycles. The summed E-state index contributed by atoms with van der Waals surface area (Å²) in [6.45, 7) is 0. The minimum Gasteiger partial charge on any atom is -0.481 e. The Hall–Kier alpha value is -1.52. The number of hydrogen-bond donors (Lipinski definition) is 2. The summed E-state index contributed by atoms with van der Waals surface area (Å²) in [6.07, 6.45) is 1.24. The summed E-state index contributed by atoms with van der Waals surface area (Å²) in [4.78, 5) is 10.8. The molecule has 0 atom stereocenters. The van der Waals surface area contributed by atoms with Gasteiger partial charge in [0.1, 0.15) is 11.1 Å². The first-order valence-electron chi connectivity index (χ1n) is 3.61. The predicted molar refractivity (Wildman–Crippen MR) is 39.5 cm³/mol. The van der Waals surface area contributed by atoms with E-state index in [4.69, 9.17) is 10.8 Å². The molecular formula is C7H8N2O3. The van der Waals surface area contributed by atoms with Gasteiger partial charge in [0.2, 0.25) is 5.88 Å². The first-order chi connectivity index (χ1) is 5.65. The van der Waals surface area contributed by atoms with Crippen LogP contribution in [0.3, 0.4) is 0 Å². The molecule has 0 amide bonds. The van der Waals surface area contributed by atoms with Crippen LogP contribution in [0.15, 0.2) is 10.6 Å². The molecule has 12 heavy (non-hydrogen) atoms. The maximum atomic E-state index is 10.8. The number of carboxylic acid groups (broad SMARTS) is 1. The Morgan fingerprint density at radius 3 is 2.75 bits per heavy atom. The fraction of sp³-hybridized carbons (Fsp3) is 0.429. The first-order valence-corrected chi connectivity index (χ1v) is 3.61. The summed E-state index contributed by atoms with van der Waals surface area (Å²) in [5, 5.41) is 12.4. The molecule has 0 bridgehead atoms. The van der Waals surface area contributed by atoms with Crippen molar-refractivity contribution >= 4 is 11.9 Å². The molecule has 3 N–H and O–H groups in total. The number of carboxylic acids is 1. The van der Waals surface area contributed by atoms with Crippen LogP contribution in [-0.4, -0.2) is 16.2 Å². The molecule has 5 heteroatoms. The van der Waals surface area contributed by atoms with Crippen LogP contribution in [0.25, 0.3) is 0 Å². The zero-order valence-corrected chi connectivity index (χ0v) is 6.28. The maximum absolute atomic E-state index is 10.8. The van der Waals surface area contributed by atoms with E-state index in [9.17, 15) is 4.79 Å². The fourth-order valence-corrected chi connectivity index (χ4v) is 1.22. The van der Waals surface area contributed by atoms with E-state index in [0.29, 0.717) is 18.5 Å². The van der Waals surface area contributed by atoms with E-state index in [1.165, 1.54) is 6.07 Å². The smallest absolute Gasteiger partial charge is 0.315 e. The first kappa shape index (κ1) is 7.15. The molecule has 0 spiro atoms. The van der Waals surface area contributed by atoms with Crippen molar-refractivity contribution in [3.63, 3.8) is 0 Å². The molecule has 5 nitrogen and oxygen atoms in total. The quantitative estimate of drug-likeness (QED) is 0.666. The van der Waals surface area contributed by atoms with Crippen LogP contribution in [0, 0.1) is 0 Å². The second-order valence-corrected chi connectivity index (χ2v) is 3.00. The highest BCUT2D eigenvalue weighted by molar-refractivity contribution is 5.84. The number of hydrogen-bond acceptors (Lipinski definition) is 4. The van der Waals surface area contributed by atoms with Gasteiger partial charge < -0.3 is 15.4 Å². The molecule has 0 aromatic carbocycles. The highest BCUT2D eigenvalue weighted by atomic mass is 16.5. The number of anilines is 1. The molecule has 1 aromatic rings. The molecule has 0 unspecified atom stereocenters. The zero-order chi connectivity index (χ0) is 8.77. The topological polar surface area (TPSA) is 89.4 Å². The number of aromatic nitrogens is 1. The van der Waals surface area contributed by atoms with Crippen LogP contribution >= 0.6 is 0 Å². The molecule has 2 rings (SSSR count). The van der Waals surface area contributed by atoms with Gasteiger partial charge in [-0.3, -0.25) is 4.79 Å². The van der Waals surface area contributed by atoms with Crippen molar-refractivity contribution in [2.24, 2.45) is 0 Å². The Kier molecular flexibility index (Phi) is 1.19. The van der Waals surface area contributed by atoms with Gasteiger partial charge in [-0.2, -0.15) is 0 Å². The van der Waals surface area contributed by atoms with Gasteiger partial charge in [0.05, 0.1) is 0 Å². The van der Waals surface area contributed by atoms with Crippen molar-refractivity contribution in [1.82, 2.24) is 5.16 Å². The van der Waals surface area contributed by atoms with Gasteiger partial charge >= 0.3 is 5.97 Å².